The van der Waals surface area contributed by atoms with Crippen LogP contribution in [-0.4, -0.2) is 16.2 Å². The molecule has 2 rings (SSSR count). The first-order valence-electron chi connectivity index (χ1n) is 3.62. The van der Waals surface area contributed by atoms with Gasteiger partial charge in [-0.25, -0.2) is 4.79 Å². The van der Waals surface area contributed by atoms with Gasteiger partial charge < -0.3 is 10.2 Å². The topological polar surface area (TPSA) is 57.5 Å². The third-order valence-electron chi connectivity index (χ3n) is 1.75. The average molecular weight is 194 g/mol. The predicted molar refractivity (Wildman–Crippen MR) is 50.4 cm³/mol. The van der Waals surface area contributed by atoms with Crippen molar-refractivity contribution in [3.05, 3.63) is 29.8 Å². The van der Waals surface area contributed by atoms with Crippen LogP contribution in [0.3, 0.4) is 0 Å². The molecule has 0 bridgehead atoms. The van der Waals surface area contributed by atoms with Crippen molar-refractivity contribution in [2.75, 3.05) is 0 Å². The number of aromatic hydroxyl groups is 1. The molecule has 0 aliphatic rings. The largest absolute Gasteiger partial charge is 0.499 e. The average Bonchev–Trinajstić information content (AvgIpc) is 2.42. The molecular weight excluding hydrogens is 188 g/mol. The highest BCUT2D eigenvalue weighted by molar-refractivity contribution is 7.20. The Morgan fingerprint density at radius 3 is 2.77 bits per heavy atom. The van der Waals surface area contributed by atoms with Crippen LogP contribution in [0.5, 0.6) is 5.06 Å². The van der Waals surface area contributed by atoms with E-state index in [1.54, 1.807) is 18.2 Å². The monoisotopic (exact) mass is 194 g/mol. The summed E-state index contributed by atoms with van der Waals surface area (Å²) in [5.41, 5.74) is 0.241. The summed E-state index contributed by atoms with van der Waals surface area (Å²) in [6.45, 7) is 0. The van der Waals surface area contributed by atoms with Crippen LogP contribution in [0, 0.1) is 0 Å². The molecular formula is C9H6O3S. The van der Waals surface area contributed by atoms with E-state index in [1.807, 2.05) is 0 Å². The van der Waals surface area contributed by atoms with Gasteiger partial charge in [-0.2, -0.15) is 0 Å². The maximum absolute atomic E-state index is 10.6. The van der Waals surface area contributed by atoms with E-state index >= 15 is 0 Å². The Morgan fingerprint density at radius 1 is 1.31 bits per heavy atom. The van der Waals surface area contributed by atoms with Crippen molar-refractivity contribution in [2.45, 2.75) is 0 Å². The van der Waals surface area contributed by atoms with E-state index in [1.165, 1.54) is 17.4 Å². The Kier molecular flexibility index (Phi) is 1.70. The lowest BCUT2D eigenvalue weighted by Crippen LogP contribution is -1.94. The maximum atomic E-state index is 10.6. The molecule has 1 heterocycles. The van der Waals surface area contributed by atoms with Crippen molar-refractivity contribution in [1.29, 1.82) is 0 Å². The molecule has 13 heavy (non-hydrogen) atoms. The quantitative estimate of drug-likeness (QED) is 0.732. The number of benzene rings is 1. The second kappa shape index (κ2) is 2.74. The SMILES string of the molecule is O=C(O)c1ccc2sc(O)cc2c1. The fourth-order valence-corrected chi connectivity index (χ4v) is 1.95. The van der Waals surface area contributed by atoms with Gasteiger partial charge in [-0.05, 0) is 29.7 Å². The fraction of sp³-hybridized carbons (Fsp3) is 0. The number of thiophene rings is 1. The third-order valence-corrected chi connectivity index (χ3v) is 2.67. The smallest absolute Gasteiger partial charge is 0.335 e. The molecule has 0 radical (unpaired) electrons. The minimum absolute atomic E-state index is 0.206. The molecule has 2 aromatic rings. The van der Waals surface area contributed by atoms with Gasteiger partial charge in [0.25, 0.3) is 0 Å². The number of hydrogen-bond donors (Lipinski definition) is 2. The van der Waals surface area contributed by atoms with Crippen molar-refractivity contribution >= 4 is 27.4 Å². The van der Waals surface area contributed by atoms with Crippen LogP contribution in [-0.2, 0) is 0 Å². The molecule has 0 amide bonds. The standard InChI is InChI=1S/C9H6O3S/c10-8-4-6-3-5(9(11)12)1-2-7(6)13-8/h1-4,10H,(H,11,12). The Bertz CT molecular complexity index is 473. The molecule has 0 atom stereocenters. The predicted octanol–water partition coefficient (Wildman–Crippen LogP) is 2.31. The highest BCUT2D eigenvalue weighted by atomic mass is 32.1. The molecule has 4 heteroatoms. The first-order valence-corrected chi connectivity index (χ1v) is 4.44. The lowest BCUT2D eigenvalue weighted by molar-refractivity contribution is 0.0697. The molecule has 2 N–H and O–H groups in total. The maximum Gasteiger partial charge on any atom is 0.335 e. The summed E-state index contributed by atoms with van der Waals surface area (Å²) in [7, 11) is 0. The summed E-state index contributed by atoms with van der Waals surface area (Å²) in [6.07, 6.45) is 0. The number of hydrogen-bond acceptors (Lipinski definition) is 3. The van der Waals surface area contributed by atoms with E-state index in [0.29, 0.717) is 0 Å². The van der Waals surface area contributed by atoms with Gasteiger partial charge in [0.1, 0.15) is 0 Å². The Hall–Kier alpha value is -1.55. The normalized spacial score (nSPS) is 10.5. The highest BCUT2D eigenvalue weighted by Crippen LogP contribution is 2.30. The van der Waals surface area contributed by atoms with E-state index < -0.39 is 5.97 Å². The number of carbonyl (C=O) groups is 1. The lowest BCUT2D eigenvalue weighted by atomic mass is 10.2. The van der Waals surface area contributed by atoms with E-state index in [2.05, 4.69) is 0 Å². The van der Waals surface area contributed by atoms with Gasteiger partial charge in [-0.3, -0.25) is 0 Å². The Balaban J connectivity index is 2.67. The molecule has 0 unspecified atom stereocenters. The summed E-state index contributed by atoms with van der Waals surface area (Å²) < 4.78 is 0.891. The van der Waals surface area contributed by atoms with Crippen molar-refractivity contribution < 1.29 is 15.0 Å². The van der Waals surface area contributed by atoms with E-state index in [9.17, 15) is 4.79 Å². The van der Waals surface area contributed by atoms with Crippen LogP contribution in [0.4, 0.5) is 0 Å². The number of rotatable bonds is 1. The molecule has 0 aliphatic carbocycles. The molecule has 1 aromatic heterocycles. The molecule has 0 saturated carbocycles. The zero-order chi connectivity index (χ0) is 9.42. The number of carboxylic acids is 1. The molecule has 3 nitrogen and oxygen atoms in total. The van der Waals surface area contributed by atoms with Gasteiger partial charge >= 0.3 is 5.97 Å². The van der Waals surface area contributed by atoms with Crippen LogP contribution in [0.1, 0.15) is 10.4 Å². The zero-order valence-electron chi connectivity index (χ0n) is 6.52. The van der Waals surface area contributed by atoms with Gasteiger partial charge in [-0.15, -0.1) is 0 Å². The zero-order valence-corrected chi connectivity index (χ0v) is 7.34. The van der Waals surface area contributed by atoms with Crippen LogP contribution < -0.4 is 0 Å². The first-order chi connectivity index (χ1) is 6.16. The van der Waals surface area contributed by atoms with Gasteiger partial charge in [-0.1, -0.05) is 11.3 Å². The molecule has 66 valence electrons. The second-order valence-electron chi connectivity index (χ2n) is 2.64. The molecule has 0 saturated heterocycles. The minimum atomic E-state index is -0.951. The number of carboxylic acid groups (broad SMARTS) is 1. The van der Waals surface area contributed by atoms with Crippen molar-refractivity contribution in [3.63, 3.8) is 0 Å². The third kappa shape index (κ3) is 1.36. The van der Waals surface area contributed by atoms with E-state index in [4.69, 9.17) is 10.2 Å². The molecule has 0 spiro atoms. The summed E-state index contributed by atoms with van der Waals surface area (Å²) in [5.74, 6) is -0.951. The molecule has 0 fully saturated rings. The highest BCUT2D eigenvalue weighted by Gasteiger charge is 2.05. The van der Waals surface area contributed by atoms with Crippen LogP contribution in [0.2, 0.25) is 0 Å². The summed E-state index contributed by atoms with van der Waals surface area (Å²) >= 11 is 1.24. The first kappa shape index (κ1) is 8.07. The van der Waals surface area contributed by atoms with Crippen LogP contribution in [0.25, 0.3) is 10.1 Å². The minimum Gasteiger partial charge on any atom is -0.499 e. The second-order valence-corrected chi connectivity index (χ2v) is 3.70. The number of aromatic carboxylic acids is 1. The van der Waals surface area contributed by atoms with Crippen molar-refractivity contribution in [1.82, 2.24) is 0 Å². The van der Waals surface area contributed by atoms with Crippen molar-refractivity contribution in [2.24, 2.45) is 0 Å². The summed E-state index contributed by atoms with van der Waals surface area (Å²) in [5, 5.41) is 18.8. The lowest BCUT2D eigenvalue weighted by Gasteiger charge is -1.92. The van der Waals surface area contributed by atoms with E-state index in [0.717, 1.165) is 10.1 Å². The van der Waals surface area contributed by atoms with Gasteiger partial charge in [0, 0.05) is 4.70 Å². The molecule has 0 aliphatic heterocycles. The Labute approximate surface area is 77.9 Å². The fourth-order valence-electron chi connectivity index (χ4n) is 1.16. The summed E-state index contributed by atoms with van der Waals surface area (Å²) in [4.78, 5) is 10.6. The van der Waals surface area contributed by atoms with Crippen LogP contribution in [0.15, 0.2) is 24.3 Å². The van der Waals surface area contributed by atoms with Gasteiger partial charge in [0.05, 0.1) is 5.56 Å². The number of fused-ring (bicyclic) bond motifs is 1. The molecule has 1 aromatic carbocycles. The van der Waals surface area contributed by atoms with Gasteiger partial charge in [0.2, 0.25) is 0 Å². The van der Waals surface area contributed by atoms with Crippen LogP contribution >= 0.6 is 11.3 Å². The van der Waals surface area contributed by atoms with Gasteiger partial charge in [0.15, 0.2) is 5.06 Å². The van der Waals surface area contributed by atoms with Crippen molar-refractivity contribution in [3.8, 4) is 5.06 Å². The summed E-state index contributed by atoms with van der Waals surface area (Å²) in [6, 6.07) is 6.34. The van der Waals surface area contributed by atoms with E-state index in [-0.39, 0.29) is 10.6 Å². The Morgan fingerprint density at radius 2 is 2.08 bits per heavy atom.